The quantitative estimate of drug-likeness (QED) is 0.751. The Bertz CT molecular complexity index is 797. The van der Waals surface area contributed by atoms with E-state index in [1.165, 1.54) is 0 Å². The highest BCUT2D eigenvalue weighted by Crippen LogP contribution is 2.25. The Labute approximate surface area is 125 Å². The van der Waals surface area contributed by atoms with Gasteiger partial charge in [0.25, 0.3) is 5.91 Å². The number of ether oxygens (including phenoxy) is 1. The number of rotatable bonds is 2. The summed E-state index contributed by atoms with van der Waals surface area (Å²) in [6.45, 7) is 1.48. The second-order valence-corrected chi connectivity index (χ2v) is 5.05. The smallest absolute Gasteiger partial charge is 0.260 e. The van der Waals surface area contributed by atoms with E-state index < -0.39 is 0 Å². The largest absolute Gasteiger partial charge is 0.377 e. The molecule has 22 heavy (non-hydrogen) atoms. The lowest BCUT2D eigenvalue weighted by Crippen LogP contribution is -2.43. The van der Waals surface area contributed by atoms with Gasteiger partial charge in [-0.3, -0.25) is 9.89 Å². The van der Waals surface area contributed by atoms with E-state index >= 15 is 0 Å². The molecule has 4 heterocycles. The Kier molecular flexibility index (Phi) is 3.08. The fraction of sp³-hybridized carbons (Fsp3) is 0.286. The molecule has 1 saturated heterocycles. The minimum absolute atomic E-state index is 0.100. The molecule has 1 aliphatic rings. The SMILES string of the molecule is O=C(c1cnn2cccnc12)N1CCOC[C@@H]1c1ccn[nH]1. The molecule has 1 N–H and O–H groups in total. The normalized spacial score (nSPS) is 18.7. The molecule has 1 atom stereocenters. The number of carbonyl (C=O) groups excluding carboxylic acids is 1. The van der Waals surface area contributed by atoms with Crippen molar-refractivity contribution in [1.82, 2.24) is 29.7 Å². The predicted molar refractivity (Wildman–Crippen MR) is 76.2 cm³/mol. The molecule has 0 spiro atoms. The van der Waals surface area contributed by atoms with Gasteiger partial charge in [0.05, 0.1) is 31.1 Å². The van der Waals surface area contributed by atoms with E-state index in [1.807, 2.05) is 6.07 Å². The molecule has 1 amide bonds. The highest BCUT2D eigenvalue weighted by molar-refractivity contribution is 5.99. The zero-order chi connectivity index (χ0) is 14.9. The molecule has 112 valence electrons. The van der Waals surface area contributed by atoms with E-state index in [2.05, 4.69) is 20.3 Å². The molecule has 0 aliphatic carbocycles. The molecule has 1 aliphatic heterocycles. The zero-order valence-corrected chi connectivity index (χ0v) is 11.7. The summed E-state index contributed by atoms with van der Waals surface area (Å²) in [7, 11) is 0. The third-order valence-corrected chi connectivity index (χ3v) is 3.78. The Morgan fingerprint density at radius 1 is 1.41 bits per heavy atom. The Morgan fingerprint density at radius 2 is 2.36 bits per heavy atom. The summed E-state index contributed by atoms with van der Waals surface area (Å²) in [4.78, 5) is 19.0. The molecule has 0 radical (unpaired) electrons. The average molecular weight is 298 g/mol. The van der Waals surface area contributed by atoms with Gasteiger partial charge < -0.3 is 9.64 Å². The van der Waals surface area contributed by atoms with Crippen LogP contribution in [0.25, 0.3) is 5.65 Å². The van der Waals surface area contributed by atoms with Crippen molar-refractivity contribution in [2.45, 2.75) is 6.04 Å². The summed E-state index contributed by atoms with van der Waals surface area (Å²) in [6.07, 6.45) is 6.65. The number of hydrogen-bond donors (Lipinski definition) is 1. The molecule has 0 aromatic carbocycles. The lowest BCUT2D eigenvalue weighted by atomic mass is 10.1. The molecule has 3 aromatic heterocycles. The van der Waals surface area contributed by atoms with Gasteiger partial charge in [-0.15, -0.1) is 0 Å². The van der Waals surface area contributed by atoms with E-state index in [-0.39, 0.29) is 11.9 Å². The third kappa shape index (κ3) is 2.04. The van der Waals surface area contributed by atoms with Gasteiger partial charge in [-0.1, -0.05) is 0 Å². The Hall–Kier alpha value is -2.74. The predicted octanol–water partition coefficient (Wildman–Crippen LogP) is 0.666. The second-order valence-electron chi connectivity index (χ2n) is 5.05. The van der Waals surface area contributed by atoms with E-state index in [1.54, 1.807) is 40.3 Å². The highest BCUT2D eigenvalue weighted by Gasteiger charge is 2.31. The lowest BCUT2D eigenvalue weighted by molar-refractivity contribution is -0.00382. The van der Waals surface area contributed by atoms with Crippen LogP contribution in [0.15, 0.2) is 36.9 Å². The number of fused-ring (bicyclic) bond motifs is 1. The van der Waals surface area contributed by atoms with Crippen molar-refractivity contribution in [3.05, 3.63) is 48.2 Å². The van der Waals surface area contributed by atoms with Gasteiger partial charge in [-0.2, -0.15) is 10.2 Å². The van der Waals surface area contributed by atoms with Gasteiger partial charge in [0.1, 0.15) is 5.56 Å². The number of aromatic nitrogens is 5. The van der Waals surface area contributed by atoms with E-state index in [9.17, 15) is 4.79 Å². The van der Waals surface area contributed by atoms with Gasteiger partial charge >= 0.3 is 0 Å². The van der Waals surface area contributed by atoms with Crippen LogP contribution in [0, 0.1) is 0 Å². The second kappa shape index (κ2) is 5.23. The summed E-state index contributed by atoms with van der Waals surface area (Å²) in [5.41, 5.74) is 1.91. The van der Waals surface area contributed by atoms with Gasteiger partial charge in [-0.25, -0.2) is 9.50 Å². The third-order valence-electron chi connectivity index (χ3n) is 3.78. The molecular formula is C14H14N6O2. The van der Waals surface area contributed by atoms with Gasteiger partial charge in [0.15, 0.2) is 5.65 Å². The van der Waals surface area contributed by atoms with E-state index in [0.717, 1.165) is 5.69 Å². The number of aromatic amines is 1. The topological polar surface area (TPSA) is 88.4 Å². The molecule has 0 unspecified atom stereocenters. The summed E-state index contributed by atoms with van der Waals surface area (Å²) in [5, 5.41) is 11.0. The minimum atomic E-state index is -0.178. The van der Waals surface area contributed by atoms with Crippen LogP contribution >= 0.6 is 0 Å². The maximum atomic E-state index is 12.9. The maximum Gasteiger partial charge on any atom is 0.260 e. The van der Waals surface area contributed by atoms with Crippen LogP contribution in [-0.4, -0.2) is 55.4 Å². The standard InChI is InChI=1S/C14H14N6O2/c21-14(10-8-17-20-5-1-3-15-13(10)20)19-6-7-22-9-12(19)11-2-4-16-18-11/h1-5,8,12H,6-7,9H2,(H,16,18)/t12-/m1/s1. The van der Waals surface area contributed by atoms with Crippen LogP contribution in [-0.2, 0) is 4.74 Å². The first-order valence-corrected chi connectivity index (χ1v) is 7.01. The van der Waals surface area contributed by atoms with Crippen LogP contribution in [0.3, 0.4) is 0 Å². The fourth-order valence-electron chi connectivity index (χ4n) is 2.69. The summed E-state index contributed by atoms with van der Waals surface area (Å²) < 4.78 is 7.11. The Morgan fingerprint density at radius 3 is 3.23 bits per heavy atom. The van der Waals surface area contributed by atoms with E-state index in [4.69, 9.17) is 4.74 Å². The molecule has 4 rings (SSSR count). The first kappa shape index (κ1) is 13.0. The molecule has 3 aromatic rings. The number of nitrogens with zero attached hydrogens (tertiary/aromatic N) is 5. The zero-order valence-electron chi connectivity index (χ0n) is 11.7. The van der Waals surface area contributed by atoms with Gasteiger partial charge in [-0.05, 0) is 12.1 Å². The van der Waals surface area contributed by atoms with Crippen LogP contribution in [0.2, 0.25) is 0 Å². The highest BCUT2D eigenvalue weighted by atomic mass is 16.5. The van der Waals surface area contributed by atoms with Crippen molar-refractivity contribution in [3.63, 3.8) is 0 Å². The minimum Gasteiger partial charge on any atom is -0.377 e. The lowest BCUT2D eigenvalue weighted by Gasteiger charge is -2.34. The first-order valence-electron chi connectivity index (χ1n) is 7.01. The first-order chi connectivity index (χ1) is 10.8. The van der Waals surface area contributed by atoms with Crippen LogP contribution in [0.5, 0.6) is 0 Å². The fourth-order valence-corrected chi connectivity index (χ4v) is 2.69. The number of carbonyl (C=O) groups is 1. The molecule has 8 nitrogen and oxygen atoms in total. The summed E-state index contributed by atoms with van der Waals surface area (Å²) >= 11 is 0. The molecule has 8 heteroatoms. The summed E-state index contributed by atoms with van der Waals surface area (Å²) in [6, 6.07) is 3.45. The van der Waals surface area contributed by atoms with Crippen LogP contribution in [0.4, 0.5) is 0 Å². The molecular weight excluding hydrogens is 284 g/mol. The van der Waals surface area contributed by atoms with Gasteiger partial charge in [0, 0.05) is 25.1 Å². The van der Waals surface area contributed by atoms with Crippen LogP contribution < -0.4 is 0 Å². The van der Waals surface area contributed by atoms with Crippen molar-refractivity contribution in [2.24, 2.45) is 0 Å². The maximum absolute atomic E-state index is 12.9. The number of hydrogen-bond acceptors (Lipinski definition) is 5. The van der Waals surface area contributed by atoms with Crippen molar-refractivity contribution >= 4 is 11.6 Å². The average Bonchev–Trinajstić information content (AvgIpc) is 3.24. The Balaban J connectivity index is 1.71. The van der Waals surface area contributed by atoms with Crippen molar-refractivity contribution < 1.29 is 9.53 Å². The molecule has 1 fully saturated rings. The van der Waals surface area contributed by atoms with Crippen LogP contribution in [0.1, 0.15) is 22.1 Å². The number of nitrogens with one attached hydrogen (secondary N) is 1. The van der Waals surface area contributed by atoms with Crippen molar-refractivity contribution in [1.29, 1.82) is 0 Å². The van der Waals surface area contributed by atoms with Crippen molar-refractivity contribution in [2.75, 3.05) is 19.8 Å². The summed E-state index contributed by atoms with van der Waals surface area (Å²) in [5.74, 6) is -0.100. The monoisotopic (exact) mass is 298 g/mol. The van der Waals surface area contributed by atoms with Gasteiger partial charge in [0.2, 0.25) is 0 Å². The number of amides is 1. The number of morpholine rings is 1. The number of H-pyrrole nitrogens is 1. The molecule has 0 saturated carbocycles. The molecule has 0 bridgehead atoms. The van der Waals surface area contributed by atoms with E-state index in [0.29, 0.717) is 31.0 Å². The van der Waals surface area contributed by atoms with Crippen molar-refractivity contribution in [3.8, 4) is 0 Å².